The fourth-order valence-electron chi connectivity index (χ4n) is 2.22. The SMILES string of the molecule is Cn1nc(Br)c2c(NCC(O)c3ccccc3Cl)ncnc21. The molecule has 2 heterocycles. The van der Waals surface area contributed by atoms with Crippen LogP contribution in [0.3, 0.4) is 0 Å². The Morgan fingerprint density at radius 1 is 1.36 bits per heavy atom. The van der Waals surface area contributed by atoms with E-state index in [9.17, 15) is 5.11 Å². The van der Waals surface area contributed by atoms with E-state index in [1.807, 2.05) is 19.2 Å². The van der Waals surface area contributed by atoms with Crippen LogP contribution in [0.5, 0.6) is 0 Å². The van der Waals surface area contributed by atoms with Crippen molar-refractivity contribution in [2.45, 2.75) is 6.10 Å². The Morgan fingerprint density at radius 2 is 2.14 bits per heavy atom. The van der Waals surface area contributed by atoms with E-state index in [1.54, 1.807) is 16.8 Å². The van der Waals surface area contributed by atoms with Crippen molar-refractivity contribution < 1.29 is 5.11 Å². The number of aromatic nitrogens is 4. The number of nitrogens with one attached hydrogen (secondary N) is 1. The number of nitrogens with zero attached hydrogens (tertiary/aromatic N) is 4. The number of halogens is 2. The van der Waals surface area contributed by atoms with Gasteiger partial charge < -0.3 is 10.4 Å². The van der Waals surface area contributed by atoms with Crippen LogP contribution >= 0.6 is 27.5 Å². The smallest absolute Gasteiger partial charge is 0.164 e. The number of aryl methyl sites for hydroxylation is 1. The molecular formula is C14H13BrClN5O. The van der Waals surface area contributed by atoms with E-state index in [0.29, 0.717) is 26.7 Å². The number of hydrogen-bond donors (Lipinski definition) is 2. The lowest BCUT2D eigenvalue weighted by molar-refractivity contribution is 0.191. The lowest BCUT2D eigenvalue weighted by atomic mass is 10.1. The van der Waals surface area contributed by atoms with Gasteiger partial charge in [-0.2, -0.15) is 5.10 Å². The summed E-state index contributed by atoms with van der Waals surface area (Å²) in [6.45, 7) is 0.275. The van der Waals surface area contributed by atoms with Crippen LogP contribution in [0.1, 0.15) is 11.7 Å². The standard InChI is InChI=1S/C14H13BrClN5O/c1-21-14-11(12(15)20-21)13(18-7-19-14)17-6-10(22)8-4-2-3-5-9(8)16/h2-5,7,10,22H,6H2,1H3,(H,17,18,19). The first-order chi connectivity index (χ1) is 10.6. The summed E-state index contributed by atoms with van der Waals surface area (Å²) in [7, 11) is 1.81. The van der Waals surface area contributed by atoms with E-state index in [0.717, 1.165) is 5.39 Å². The molecule has 3 aromatic rings. The third-order valence-electron chi connectivity index (χ3n) is 3.30. The molecule has 2 N–H and O–H groups in total. The minimum Gasteiger partial charge on any atom is -0.387 e. The summed E-state index contributed by atoms with van der Waals surface area (Å²) in [5.41, 5.74) is 1.38. The number of aliphatic hydroxyl groups excluding tert-OH is 1. The Bertz CT molecular complexity index is 822. The Morgan fingerprint density at radius 3 is 2.91 bits per heavy atom. The number of benzene rings is 1. The second kappa shape index (κ2) is 6.20. The molecule has 0 bridgehead atoms. The summed E-state index contributed by atoms with van der Waals surface area (Å²) in [6, 6.07) is 7.21. The first-order valence-corrected chi connectivity index (χ1v) is 7.74. The van der Waals surface area contributed by atoms with Crippen LogP contribution in [0.25, 0.3) is 11.0 Å². The van der Waals surface area contributed by atoms with Crippen molar-refractivity contribution in [1.82, 2.24) is 19.7 Å². The highest BCUT2D eigenvalue weighted by Crippen LogP contribution is 2.28. The van der Waals surface area contributed by atoms with Gasteiger partial charge in [-0.25, -0.2) is 14.6 Å². The second-order valence-corrected chi connectivity index (χ2v) is 5.91. The number of aliphatic hydroxyl groups is 1. The predicted octanol–water partition coefficient (Wildman–Crippen LogP) is 2.92. The molecule has 1 unspecified atom stereocenters. The predicted molar refractivity (Wildman–Crippen MR) is 88.9 cm³/mol. The summed E-state index contributed by atoms with van der Waals surface area (Å²) < 4.78 is 2.32. The Hall–Kier alpha value is -1.70. The molecule has 1 aromatic carbocycles. The molecule has 0 radical (unpaired) electrons. The maximum atomic E-state index is 10.3. The van der Waals surface area contributed by atoms with Gasteiger partial charge in [0.1, 0.15) is 16.7 Å². The molecule has 8 heteroatoms. The highest BCUT2D eigenvalue weighted by Gasteiger charge is 2.15. The third-order valence-corrected chi connectivity index (χ3v) is 4.20. The van der Waals surface area contributed by atoms with Crippen LogP contribution in [0, 0.1) is 0 Å². The molecule has 0 aliphatic heterocycles. The molecular weight excluding hydrogens is 370 g/mol. The molecule has 3 rings (SSSR count). The summed E-state index contributed by atoms with van der Waals surface area (Å²) in [5.74, 6) is 0.607. The molecule has 0 amide bonds. The topological polar surface area (TPSA) is 75.9 Å². The molecule has 22 heavy (non-hydrogen) atoms. The number of hydrogen-bond acceptors (Lipinski definition) is 5. The van der Waals surface area contributed by atoms with Gasteiger partial charge in [0, 0.05) is 24.2 Å². The number of anilines is 1. The van der Waals surface area contributed by atoms with Gasteiger partial charge in [-0.1, -0.05) is 29.8 Å². The van der Waals surface area contributed by atoms with E-state index >= 15 is 0 Å². The molecule has 1 atom stereocenters. The quantitative estimate of drug-likeness (QED) is 0.725. The minimum atomic E-state index is -0.742. The summed E-state index contributed by atoms with van der Waals surface area (Å²) in [4.78, 5) is 8.42. The van der Waals surface area contributed by atoms with Crippen molar-refractivity contribution in [2.75, 3.05) is 11.9 Å². The monoisotopic (exact) mass is 381 g/mol. The van der Waals surface area contributed by atoms with Crippen molar-refractivity contribution in [3.63, 3.8) is 0 Å². The number of fused-ring (bicyclic) bond motifs is 1. The second-order valence-electron chi connectivity index (χ2n) is 4.75. The fourth-order valence-corrected chi connectivity index (χ4v) is 3.09. The first-order valence-electron chi connectivity index (χ1n) is 6.57. The summed E-state index contributed by atoms with van der Waals surface area (Å²) >= 11 is 9.49. The van der Waals surface area contributed by atoms with Crippen molar-refractivity contribution in [3.05, 3.63) is 45.8 Å². The zero-order valence-corrected chi connectivity index (χ0v) is 14.0. The summed E-state index contributed by atoms with van der Waals surface area (Å²) in [6.07, 6.45) is 0.717. The van der Waals surface area contributed by atoms with Gasteiger partial charge in [0.15, 0.2) is 5.65 Å². The Kier molecular flexibility index (Phi) is 4.28. The van der Waals surface area contributed by atoms with E-state index in [1.165, 1.54) is 6.33 Å². The average Bonchev–Trinajstić information content (AvgIpc) is 2.81. The lowest BCUT2D eigenvalue weighted by Crippen LogP contribution is -2.13. The molecule has 0 fully saturated rings. The minimum absolute atomic E-state index is 0.275. The molecule has 6 nitrogen and oxygen atoms in total. The highest BCUT2D eigenvalue weighted by molar-refractivity contribution is 9.10. The van der Waals surface area contributed by atoms with Crippen LogP contribution in [-0.2, 0) is 7.05 Å². The van der Waals surface area contributed by atoms with Crippen LogP contribution in [0.4, 0.5) is 5.82 Å². The maximum absolute atomic E-state index is 10.3. The number of rotatable bonds is 4. The lowest BCUT2D eigenvalue weighted by Gasteiger charge is -2.14. The third kappa shape index (κ3) is 2.79. The van der Waals surface area contributed by atoms with Gasteiger partial charge in [0.2, 0.25) is 0 Å². The van der Waals surface area contributed by atoms with Gasteiger partial charge in [-0.3, -0.25) is 0 Å². The van der Waals surface area contributed by atoms with Crippen molar-refractivity contribution in [3.8, 4) is 0 Å². The Balaban J connectivity index is 1.84. The van der Waals surface area contributed by atoms with Gasteiger partial charge in [0.05, 0.1) is 11.5 Å². The van der Waals surface area contributed by atoms with Crippen LogP contribution in [0.2, 0.25) is 5.02 Å². The molecule has 0 aliphatic carbocycles. The average molecular weight is 383 g/mol. The molecule has 0 saturated heterocycles. The van der Waals surface area contributed by atoms with Gasteiger partial charge in [-0.05, 0) is 22.0 Å². The van der Waals surface area contributed by atoms with Crippen molar-refractivity contribution in [2.24, 2.45) is 7.05 Å². The van der Waals surface area contributed by atoms with Crippen LogP contribution in [0.15, 0.2) is 35.2 Å². The van der Waals surface area contributed by atoms with Gasteiger partial charge in [0.25, 0.3) is 0 Å². The van der Waals surface area contributed by atoms with Crippen LogP contribution < -0.4 is 5.32 Å². The zero-order valence-electron chi connectivity index (χ0n) is 11.7. The molecule has 114 valence electrons. The van der Waals surface area contributed by atoms with E-state index in [-0.39, 0.29) is 6.54 Å². The molecule has 0 aliphatic rings. The largest absolute Gasteiger partial charge is 0.387 e. The van der Waals surface area contributed by atoms with Gasteiger partial charge >= 0.3 is 0 Å². The van der Waals surface area contributed by atoms with E-state index in [2.05, 4.69) is 36.3 Å². The van der Waals surface area contributed by atoms with E-state index in [4.69, 9.17) is 11.6 Å². The normalized spacial score (nSPS) is 12.5. The molecule has 0 spiro atoms. The maximum Gasteiger partial charge on any atom is 0.164 e. The van der Waals surface area contributed by atoms with Gasteiger partial charge in [-0.15, -0.1) is 0 Å². The van der Waals surface area contributed by atoms with Crippen molar-refractivity contribution >= 4 is 44.4 Å². The van der Waals surface area contributed by atoms with E-state index < -0.39 is 6.10 Å². The van der Waals surface area contributed by atoms with Crippen molar-refractivity contribution in [1.29, 1.82) is 0 Å². The first kappa shape index (κ1) is 15.2. The molecule has 2 aromatic heterocycles. The zero-order chi connectivity index (χ0) is 15.7. The highest BCUT2D eigenvalue weighted by atomic mass is 79.9. The van der Waals surface area contributed by atoms with Crippen LogP contribution in [-0.4, -0.2) is 31.4 Å². The fraction of sp³-hybridized carbons (Fsp3) is 0.214. The Labute approximate surface area is 140 Å². The summed E-state index contributed by atoms with van der Waals surface area (Å²) in [5, 5.41) is 19.0. The molecule has 0 saturated carbocycles.